The van der Waals surface area contributed by atoms with Gasteiger partial charge in [0.1, 0.15) is 0 Å². The summed E-state index contributed by atoms with van der Waals surface area (Å²) in [4.78, 5) is 10.5. The van der Waals surface area contributed by atoms with Crippen molar-refractivity contribution in [2.45, 2.75) is 19.3 Å². The molecular formula is C41H30N2. The lowest BCUT2D eigenvalue weighted by Crippen LogP contribution is -2.15. The van der Waals surface area contributed by atoms with E-state index < -0.39 is 0 Å². The largest absolute Gasteiger partial charge is 0.228 e. The minimum Gasteiger partial charge on any atom is -0.228 e. The molecule has 43 heavy (non-hydrogen) atoms. The minimum atomic E-state index is -0.186. The standard InChI is InChI=1S/C41H30N2/c1-41(2)35-24-14-23-32(40-42-36(28-17-8-4-9-18-28)26-37(43-40)29-19-10-5-11-20-29)38(35)34-25-33(27-15-6-3-7-16-27)30-21-12-13-22-31(30)39(34)41/h3-26H,1-2H3. The first kappa shape index (κ1) is 25.4. The van der Waals surface area contributed by atoms with E-state index in [1.54, 1.807) is 0 Å². The Balaban J connectivity index is 1.44. The van der Waals surface area contributed by atoms with Gasteiger partial charge in [0, 0.05) is 22.1 Å². The lowest BCUT2D eigenvalue weighted by Gasteiger charge is -2.24. The van der Waals surface area contributed by atoms with Crippen LogP contribution in [-0.2, 0) is 5.41 Å². The molecule has 0 amide bonds. The number of aromatic nitrogens is 2. The molecule has 0 fully saturated rings. The molecule has 8 rings (SSSR count). The SMILES string of the molecule is CC1(C)c2cccc(-c3nc(-c4ccccc4)cc(-c4ccccc4)n3)c2-c2cc(-c3ccccc3)c3ccccc3c21. The van der Waals surface area contributed by atoms with Crippen LogP contribution in [0.3, 0.4) is 0 Å². The van der Waals surface area contributed by atoms with Crippen LogP contribution in [0, 0.1) is 0 Å². The third-order valence-corrected chi connectivity index (χ3v) is 8.87. The average molecular weight is 551 g/mol. The number of hydrogen-bond donors (Lipinski definition) is 0. The third kappa shape index (κ3) is 4.10. The van der Waals surface area contributed by atoms with Crippen molar-refractivity contribution in [3.63, 3.8) is 0 Å². The molecule has 0 radical (unpaired) electrons. The predicted molar refractivity (Wildman–Crippen MR) is 179 cm³/mol. The molecule has 1 heterocycles. The Morgan fingerprint density at radius 1 is 0.442 bits per heavy atom. The quantitative estimate of drug-likeness (QED) is 0.218. The summed E-state index contributed by atoms with van der Waals surface area (Å²) in [7, 11) is 0. The van der Waals surface area contributed by atoms with E-state index in [9.17, 15) is 0 Å². The van der Waals surface area contributed by atoms with E-state index in [1.807, 2.05) is 12.1 Å². The average Bonchev–Trinajstić information content (AvgIpc) is 3.31. The van der Waals surface area contributed by atoms with Gasteiger partial charge in [-0.3, -0.25) is 0 Å². The van der Waals surface area contributed by atoms with Gasteiger partial charge in [0.2, 0.25) is 0 Å². The zero-order chi connectivity index (χ0) is 29.0. The second-order valence-corrected chi connectivity index (χ2v) is 11.8. The molecule has 0 aliphatic heterocycles. The van der Waals surface area contributed by atoms with Crippen molar-refractivity contribution in [3.8, 4) is 56.2 Å². The summed E-state index contributed by atoms with van der Waals surface area (Å²) in [5.41, 5.74) is 12.5. The van der Waals surface area contributed by atoms with Crippen LogP contribution in [0.5, 0.6) is 0 Å². The highest BCUT2D eigenvalue weighted by molar-refractivity contribution is 6.07. The predicted octanol–water partition coefficient (Wildman–Crippen LogP) is 10.6. The smallest absolute Gasteiger partial charge is 0.161 e. The van der Waals surface area contributed by atoms with Crippen LogP contribution in [-0.4, -0.2) is 9.97 Å². The molecule has 2 nitrogen and oxygen atoms in total. The summed E-state index contributed by atoms with van der Waals surface area (Å²) in [5, 5.41) is 2.58. The summed E-state index contributed by atoms with van der Waals surface area (Å²) in [6.45, 7) is 4.71. The summed E-state index contributed by atoms with van der Waals surface area (Å²) >= 11 is 0. The van der Waals surface area contributed by atoms with E-state index in [0.29, 0.717) is 0 Å². The maximum absolute atomic E-state index is 5.23. The molecule has 0 atom stereocenters. The molecule has 1 aliphatic carbocycles. The number of fused-ring (bicyclic) bond motifs is 5. The molecule has 1 aliphatic rings. The molecule has 6 aromatic carbocycles. The van der Waals surface area contributed by atoms with Gasteiger partial charge in [0.05, 0.1) is 11.4 Å². The monoisotopic (exact) mass is 550 g/mol. The highest BCUT2D eigenvalue weighted by Gasteiger charge is 2.39. The topological polar surface area (TPSA) is 25.8 Å². The van der Waals surface area contributed by atoms with Crippen molar-refractivity contribution in [3.05, 3.63) is 157 Å². The van der Waals surface area contributed by atoms with Crippen molar-refractivity contribution in [2.24, 2.45) is 0 Å². The Morgan fingerprint density at radius 2 is 0.977 bits per heavy atom. The van der Waals surface area contributed by atoms with Crippen molar-refractivity contribution in [1.29, 1.82) is 0 Å². The van der Waals surface area contributed by atoms with Gasteiger partial charge in [-0.25, -0.2) is 9.97 Å². The molecule has 0 spiro atoms. The number of nitrogens with zero attached hydrogens (tertiary/aromatic N) is 2. The van der Waals surface area contributed by atoms with E-state index in [2.05, 4.69) is 147 Å². The fourth-order valence-corrected chi connectivity index (χ4v) is 6.87. The van der Waals surface area contributed by atoms with Gasteiger partial charge < -0.3 is 0 Å². The Kier molecular flexibility index (Phi) is 5.84. The van der Waals surface area contributed by atoms with E-state index in [0.717, 1.165) is 33.9 Å². The maximum atomic E-state index is 5.23. The summed E-state index contributed by atoms with van der Waals surface area (Å²) in [6, 6.07) is 51.6. The van der Waals surface area contributed by atoms with Crippen LogP contribution in [0.1, 0.15) is 25.0 Å². The van der Waals surface area contributed by atoms with Gasteiger partial charge in [-0.05, 0) is 56.3 Å². The second kappa shape index (κ2) is 9.89. The van der Waals surface area contributed by atoms with E-state index in [-0.39, 0.29) is 5.41 Å². The van der Waals surface area contributed by atoms with E-state index in [4.69, 9.17) is 9.97 Å². The zero-order valence-corrected chi connectivity index (χ0v) is 24.3. The molecule has 0 bridgehead atoms. The van der Waals surface area contributed by atoms with Crippen LogP contribution in [0.25, 0.3) is 66.9 Å². The molecule has 0 N–H and O–H groups in total. The van der Waals surface area contributed by atoms with Crippen molar-refractivity contribution in [1.82, 2.24) is 9.97 Å². The molecule has 1 aromatic heterocycles. The zero-order valence-electron chi connectivity index (χ0n) is 24.3. The first-order chi connectivity index (χ1) is 21.1. The summed E-state index contributed by atoms with van der Waals surface area (Å²) in [6.07, 6.45) is 0. The fraction of sp³-hybridized carbons (Fsp3) is 0.0732. The van der Waals surface area contributed by atoms with Crippen LogP contribution in [0.2, 0.25) is 0 Å². The minimum absolute atomic E-state index is 0.186. The molecule has 0 unspecified atom stereocenters. The van der Waals surface area contributed by atoms with Crippen molar-refractivity contribution in [2.75, 3.05) is 0 Å². The lowest BCUT2D eigenvalue weighted by atomic mass is 9.79. The van der Waals surface area contributed by atoms with E-state index >= 15 is 0 Å². The highest BCUT2D eigenvalue weighted by atomic mass is 14.9. The molecule has 7 aromatic rings. The molecule has 0 saturated heterocycles. The Morgan fingerprint density at radius 3 is 1.58 bits per heavy atom. The number of benzene rings is 6. The first-order valence-corrected chi connectivity index (χ1v) is 14.9. The summed E-state index contributed by atoms with van der Waals surface area (Å²) in [5.74, 6) is 0.745. The molecule has 204 valence electrons. The van der Waals surface area contributed by atoms with E-state index in [1.165, 1.54) is 44.2 Å². The van der Waals surface area contributed by atoms with Crippen LogP contribution < -0.4 is 0 Å². The normalized spacial score (nSPS) is 13.1. The van der Waals surface area contributed by atoms with Gasteiger partial charge in [0.15, 0.2) is 5.82 Å². The summed E-state index contributed by atoms with van der Waals surface area (Å²) < 4.78 is 0. The Bertz CT molecular complexity index is 2070. The Hall–Kier alpha value is -5.34. The first-order valence-electron chi connectivity index (χ1n) is 14.9. The van der Waals surface area contributed by atoms with Gasteiger partial charge in [-0.15, -0.1) is 0 Å². The van der Waals surface area contributed by atoms with Crippen LogP contribution in [0.15, 0.2) is 146 Å². The lowest BCUT2D eigenvalue weighted by molar-refractivity contribution is 0.666. The maximum Gasteiger partial charge on any atom is 0.161 e. The van der Waals surface area contributed by atoms with Gasteiger partial charge >= 0.3 is 0 Å². The van der Waals surface area contributed by atoms with Crippen LogP contribution in [0.4, 0.5) is 0 Å². The third-order valence-electron chi connectivity index (χ3n) is 8.87. The molecule has 2 heteroatoms. The second-order valence-electron chi connectivity index (χ2n) is 11.8. The van der Waals surface area contributed by atoms with Crippen molar-refractivity contribution < 1.29 is 0 Å². The Labute approximate surface area is 252 Å². The van der Waals surface area contributed by atoms with Crippen LogP contribution >= 0.6 is 0 Å². The van der Waals surface area contributed by atoms with Gasteiger partial charge in [0.25, 0.3) is 0 Å². The number of rotatable bonds is 4. The fourth-order valence-electron chi connectivity index (χ4n) is 6.87. The number of hydrogen-bond acceptors (Lipinski definition) is 2. The van der Waals surface area contributed by atoms with Crippen molar-refractivity contribution >= 4 is 10.8 Å². The van der Waals surface area contributed by atoms with Gasteiger partial charge in [-0.2, -0.15) is 0 Å². The molecule has 0 saturated carbocycles. The van der Waals surface area contributed by atoms with Gasteiger partial charge in [-0.1, -0.05) is 147 Å². The molecular weight excluding hydrogens is 520 g/mol. The highest BCUT2D eigenvalue weighted by Crippen LogP contribution is 2.55.